The van der Waals surface area contributed by atoms with E-state index in [2.05, 4.69) is 25.9 Å². The van der Waals surface area contributed by atoms with Crippen molar-refractivity contribution in [2.75, 3.05) is 6.61 Å². The molecule has 0 radical (unpaired) electrons. The number of aliphatic carboxylic acids is 1. The second kappa shape index (κ2) is 14.4. The number of nitrogens with two attached hydrogens (primary N) is 1. The van der Waals surface area contributed by atoms with E-state index in [-0.39, 0.29) is 19.3 Å². The Morgan fingerprint density at radius 1 is 0.769 bits per heavy atom. The molecule has 1 heterocycles. The number of carbonyl (C=O) groups excluding carboxylic acids is 3. The van der Waals surface area contributed by atoms with Gasteiger partial charge in [-0.3, -0.25) is 14.4 Å². The average Bonchev–Trinajstić information content (AvgIpc) is 3.45. The first-order valence-electron chi connectivity index (χ1n) is 12.3. The fourth-order valence-corrected chi connectivity index (χ4v) is 3.85. The fourth-order valence-electron chi connectivity index (χ4n) is 3.85. The van der Waals surface area contributed by atoms with Crippen molar-refractivity contribution in [3.8, 4) is 0 Å². The highest BCUT2D eigenvalue weighted by Gasteiger charge is 2.31. The predicted molar refractivity (Wildman–Crippen MR) is 141 cm³/mol. The number of nitrogens with zero attached hydrogens (tertiary/aromatic N) is 1. The van der Waals surface area contributed by atoms with E-state index in [1.54, 1.807) is 24.3 Å². The van der Waals surface area contributed by atoms with Crippen LogP contribution in [0.4, 0.5) is 0 Å². The number of hydrogen-bond donors (Lipinski definition) is 7. The minimum absolute atomic E-state index is 0.0468. The molecule has 0 bridgehead atoms. The van der Waals surface area contributed by atoms with E-state index in [0.717, 1.165) is 11.1 Å². The molecule has 4 atom stereocenters. The minimum atomic E-state index is -1.56. The summed E-state index contributed by atoms with van der Waals surface area (Å²) in [5.41, 5.74) is 8.25. The molecular formula is C27H32N6O6. The highest BCUT2D eigenvalue weighted by atomic mass is 16.4. The van der Waals surface area contributed by atoms with Crippen LogP contribution in [0.5, 0.6) is 0 Å². The maximum absolute atomic E-state index is 13.5. The zero-order chi connectivity index (χ0) is 28.2. The SMILES string of the molecule is NC(Cc1ccccc1)C(=O)NC(Cc1ccccc1)C(=O)NC(Cc1cnc[nH]1)C(=O)NC(CO)C(=O)O. The molecule has 0 spiro atoms. The van der Waals surface area contributed by atoms with Gasteiger partial charge < -0.3 is 36.9 Å². The molecule has 1 aromatic heterocycles. The predicted octanol–water partition coefficient (Wildman–Crippen LogP) is -0.704. The third kappa shape index (κ3) is 9.05. The molecular weight excluding hydrogens is 504 g/mol. The van der Waals surface area contributed by atoms with E-state index in [0.29, 0.717) is 5.69 Å². The molecule has 3 rings (SSSR count). The molecule has 0 aliphatic heterocycles. The number of carboxylic acid groups (broad SMARTS) is 1. The molecule has 0 saturated carbocycles. The Morgan fingerprint density at radius 3 is 1.79 bits per heavy atom. The molecule has 4 unspecified atom stereocenters. The Bertz CT molecular complexity index is 1220. The molecule has 3 amide bonds. The van der Waals surface area contributed by atoms with Gasteiger partial charge in [0.25, 0.3) is 0 Å². The Kier molecular flexibility index (Phi) is 10.7. The summed E-state index contributed by atoms with van der Waals surface area (Å²) in [5, 5.41) is 26.1. The molecule has 0 aliphatic rings. The van der Waals surface area contributed by atoms with Crippen molar-refractivity contribution in [2.24, 2.45) is 5.73 Å². The van der Waals surface area contributed by atoms with Gasteiger partial charge in [-0.1, -0.05) is 60.7 Å². The van der Waals surface area contributed by atoms with Gasteiger partial charge in [0.05, 0.1) is 19.0 Å². The first-order chi connectivity index (χ1) is 18.8. The van der Waals surface area contributed by atoms with Gasteiger partial charge in [0.1, 0.15) is 18.1 Å². The number of aromatic nitrogens is 2. The number of amides is 3. The number of carboxylic acids is 1. The van der Waals surface area contributed by atoms with E-state index in [1.165, 1.54) is 12.5 Å². The lowest BCUT2D eigenvalue weighted by molar-refractivity contribution is -0.143. The number of H-pyrrole nitrogens is 1. The third-order valence-electron chi connectivity index (χ3n) is 5.96. The standard InChI is InChI=1S/C27H32N6O6/c28-20(11-17-7-3-1-4-8-17)24(35)31-21(12-18-9-5-2-6-10-18)25(36)32-22(13-19-14-29-16-30-19)26(37)33-23(15-34)27(38)39/h1-10,14,16,20-23,34H,11-13,15,28H2,(H,29,30)(H,31,35)(H,32,36)(H,33,37)(H,38,39). The van der Waals surface area contributed by atoms with Crippen molar-refractivity contribution in [1.82, 2.24) is 25.9 Å². The molecule has 206 valence electrons. The normalized spacial score (nSPS) is 13.9. The first kappa shape index (κ1) is 29.0. The van der Waals surface area contributed by atoms with Crippen LogP contribution < -0.4 is 21.7 Å². The zero-order valence-electron chi connectivity index (χ0n) is 21.1. The molecule has 0 aliphatic carbocycles. The van der Waals surface area contributed by atoms with Crippen LogP contribution in [-0.2, 0) is 38.4 Å². The molecule has 12 heteroatoms. The number of carbonyl (C=O) groups is 4. The van der Waals surface area contributed by atoms with Gasteiger partial charge in [0, 0.05) is 24.7 Å². The quantitative estimate of drug-likeness (QED) is 0.140. The van der Waals surface area contributed by atoms with E-state index >= 15 is 0 Å². The number of imidazole rings is 1. The van der Waals surface area contributed by atoms with Crippen LogP contribution in [0.2, 0.25) is 0 Å². The Balaban J connectivity index is 1.78. The largest absolute Gasteiger partial charge is 0.480 e. The first-order valence-corrected chi connectivity index (χ1v) is 12.3. The van der Waals surface area contributed by atoms with Crippen molar-refractivity contribution in [3.63, 3.8) is 0 Å². The van der Waals surface area contributed by atoms with Crippen LogP contribution in [-0.4, -0.2) is 74.6 Å². The second-order valence-corrected chi connectivity index (χ2v) is 8.97. The highest BCUT2D eigenvalue weighted by Crippen LogP contribution is 2.08. The van der Waals surface area contributed by atoms with Crippen LogP contribution in [0.3, 0.4) is 0 Å². The maximum Gasteiger partial charge on any atom is 0.328 e. The number of hydrogen-bond acceptors (Lipinski definition) is 7. The van der Waals surface area contributed by atoms with Crippen LogP contribution in [0.25, 0.3) is 0 Å². The van der Waals surface area contributed by atoms with Gasteiger partial charge in [0.2, 0.25) is 17.7 Å². The van der Waals surface area contributed by atoms with Crippen molar-refractivity contribution in [1.29, 1.82) is 0 Å². The average molecular weight is 537 g/mol. The van der Waals surface area contributed by atoms with Crippen LogP contribution in [0.15, 0.2) is 73.2 Å². The maximum atomic E-state index is 13.5. The van der Waals surface area contributed by atoms with Crippen molar-refractivity contribution < 1.29 is 29.4 Å². The van der Waals surface area contributed by atoms with Gasteiger partial charge in [-0.2, -0.15) is 0 Å². The van der Waals surface area contributed by atoms with Crippen LogP contribution in [0, 0.1) is 0 Å². The number of aliphatic hydroxyl groups is 1. The molecule has 12 nitrogen and oxygen atoms in total. The summed E-state index contributed by atoms with van der Waals surface area (Å²) in [6, 6.07) is 13.4. The number of benzene rings is 2. The highest BCUT2D eigenvalue weighted by molar-refractivity contribution is 5.94. The van der Waals surface area contributed by atoms with Gasteiger partial charge in [0.15, 0.2) is 0 Å². The van der Waals surface area contributed by atoms with Crippen LogP contribution in [0.1, 0.15) is 16.8 Å². The lowest BCUT2D eigenvalue weighted by Crippen LogP contribution is -2.58. The summed E-state index contributed by atoms with van der Waals surface area (Å²) in [5.74, 6) is -3.48. The minimum Gasteiger partial charge on any atom is -0.480 e. The lowest BCUT2D eigenvalue weighted by atomic mass is 10.0. The van der Waals surface area contributed by atoms with Crippen LogP contribution >= 0.6 is 0 Å². The number of rotatable bonds is 14. The lowest BCUT2D eigenvalue weighted by Gasteiger charge is -2.25. The molecule has 39 heavy (non-hydrogen) atoms. The molecule has 0 saturated heterocycles. The molecule has 0 fully saturated rings. The van der Waals surface area contributed by atoms with Gasteiger partial charge >= 0.3 is 5.97 Å². The molecule has 2 aromatic carbocycles. The van der Waals surface area contributed by atoms with Gasteiger partial charge in [-0.15, -0.1) is 0 Å². The van der Waals surface area contributed by atoms with E-state index in [4.69, 9.17) is 5.73 Å². The summed E-state index contributed by atoms with van der Waals surface area (Å²) >= 11 is 0. The second-order valence-electron chi connectivity index (χ2n) is 8.97. The van der Waals surface area contributed by atoms with Gasteiger partial charge in [-0.25, -0.2) is 9.78 Å². The number of nitrogens with one attached hydrogen (secondary N) is 4. The fraction of sp³-hybridized carbons (Fsp3) is 0.296. The van der Waals surface area contributed by atoms with E-state index < -0.39 is 54.5 Å². The monoisotopic (exact) mass is 536 g/mol. The van der Waals surface area contributed by atoms with E-state index in [1.807, 2.05) is 36.4 Å². The molecule has 3 aromatic rings. The Hall–Kier alpha value is -4.55. The zero-order valence-corrected chi connectivity index (χ0v) is 21.1. The number of aromatic amines is 1. The molecule has 8 N–H and O–H groups in total. The smallest absolute Gasteiger partial charge is 0.328 e. The van der Waals surface area contributed by atoms with Gasteiger partial charge in [-0.05, 0) is 17.5 Å². The Morgan fingerprint density at radius 2 is 1.28 bits per heavy atom. The summed E-state index contributed by atoms with van der Waals surface area (Å²) in [6.45, 7) is -0.836. The topological polar surface area (TPSA) is 200 Å². The van der Waals surface area contributed by atoms with Crippen molar-refractivity contribution >= 4 is 23.7 Å². The summed E-state index contributed by atoms with van der Waals surface area (Å²) < 4.78 is 0. The summed E-state index contributed by atoms with van der Waals surface area (Å²) in [7, 11) is 0. The van der Waals surface area contributed by atoms with E-state index in [9.17, 15) is 29.4 Å². The Labute approximate surface area is 225 Å². The third-order valence-corrected chi connectivity index (χ3v) is 5.96. The number of aliphatic hydroxyl groups excluding tert-OH is 1. The van der Waals surface area contributed by atoms with Crippen molar-refractivity contribution in [2.45, 2.75) is 43.4 Å². The van der Waals surface area contributed by atoms with Crippen molar-refractivity contribution in [3.05, 3.63) is 90.0 Å². The summed E-state index contributed by atoms with van der Waals surface area (Å²) in [4.78, 5) is 57.4. The summed E-state index contributed by atoms with van der Waals surface area (Å²) in [6.07, 6.45) is 3.18.